The standard InChI is InChI=1S/C38H71NO4/c1-3-5-7-9-11-13-14-15-16-17-18-19-20-21-22-24-25-27-29-31-35(41)33-38(43)39-36(34-40)37(42)32-30-28-26-23-12-10-8-6-4-2/h4,6,12,23,30,32,35-37,40-42H,3,5,7-11,13-22,24-29,31,33-34H2,1-2H3,(H,39,43)/b6-4+,23-12+,32-30+. The molecule has 0 saturated carbocycles. The number of aliphatic hydroxyl groups excluding tert-OH is 3. The van der Waals surface area contributed by atoms with Gasteiger partial charge in [0.25, 0.3) is 0 Å². The third-order valence-electron chi connectivity index (χ3n) is 8.25. The maximum atomic E-state index is 12.3. The quantitative estimate of drug-likeness (QED) is 0.0454. The van der Waals surface area contributed by atoms with E-state index in [0.29, 0.717) is 6.42 Å². The Morgan fingerprint density at radius 3 is 1.49 bits per heavy atom. The van der Waals surface area contributed by atoms with Crippen LogP contribution >= 0.6 is 0 Å². The molecule has 0 aliphatic rings. The molecule has 0 aromatic heterocycles. The van der Waals surface area contributed by atoms with Crippen molar-refractivity contribution in [1.29, 1.82) is 0 Å². The first-order chi connectivity index (χ1) is 21.0. The number of rotatable bonds is 32. The van der Waals surface area contributed by atoms with Gasteiger partial charge in [0.05, 0.1) is 31.3 Å². The lowest BCUT2D eigenvalue weighted by molar-refractivity contribution is -0.124. The number of carbonyl (C=O) groups excluding carboxylic acids is 1. The van der Waals surface area contributed by atoms with Crippen LogP contribution in [0.1, 0.15) is 174 Å². The van der Waals surface area contributed by atoms with Gasteiger partial charge in [-0.3, -0.25) is 4.79 Å². The molecule has 0 aromatic carbocycles. The third kappa shape index (κ3) is 30.4. The Hall–Kier alpha value is -1.43. The van der Waals surface area contributed by atoms with Crippen molar-refractivity contribution in [1.82, 2.24) is 5.32 Å². The van der Waals surface area contributed by atoms with E-state index in [1.807, 2.05) is 13.0 Å². The van der Waals surface area contributed by atoms with Crippen LogP contribution in [0.3, 0.4) is 0 Å². The van der Waals surface area contributed by atoms with Crippen LogP contribution < -0.4 is 5.32 Å². The van der Waals surface area contributed by atoms with Crippen molar-refractivity contribution in [2.45, 2.75) is 193 Å². The van der Waals surface area contributed by atoms with E-state index in [-0.39, 0.29) is 18.9 Å². The zero-order valence-electron chi connectivity index (χ0n) is 28.3. The summed E-state index contributed by atoms with van der Waals surface area (Å²) in [4.78, 5) is 12.3. The van der Waals surface area contributed by atoms with Crippen molar-refractivity contribution < 1.29 is 20.1 Å². The molecular formula is C38H71NO4. The average molecular weight is 606 g/mol. The number of nitrogens with one attached hydrogen (secondary N) is 1. The molecule has 3 unspecified atom stereocenters. The lowest BCUT2D eigenvalue weighted by atomic mass is 10.0. The number of unbranched alkanes of at least 4 members (excludes halogenated alkanes) is 20. The molecule has 0 bridgehead atoms. The van der Waals surface area contributed by atoms with Gasteiger partial charge >= 0.3 is 0 Å². The Morgan fingerprint density at radius 1 is 0.628 bits per heavy atom. The van der Waals surface area contributed by atoms with Gasteiger partial charge in [0, 0.05) is 0 Å². The molecule has 0 aromatic rings. The molecule has 0 heterocycles. The van der Waals surface area contributed by atoms with Gasteiger partial charge in [0.2, 0.25) is 5.91 Å². The van der Waals surface area contributed by atoms with E-state index in [0.717, 1.165) is 38.5 Å². The van der Waals surface area contributed by atoms with Gasteiger partial charge in [-0.15, -0.1) is 0 Å². The third-order valence-corrected chi connectivity index (χ3v) is 8.25. The molecule has 0 radical (unpaired) electrons. The van der Waals surface area contributed by atoms with Crippen LogP contribution in [0.25, 0.3) is 0 Å². The zero-order valence-corrected chi connectivity index (χ0v) is 28.3. The van der Waals surface area contributed by atoms with Gasteiger partial charge in [0.15, 0.2) is 0 Å². The van der Waals surface area contributed by atoms with Gasteiger partial charge < -0.3 is 20.6 Å². The molecule has 3 atom stereocenters. The number of hydrogen-bond acceptors (Lipinski definition) is 4. The summed E-state index contributed by atoms with van der Waals surface area (Å²) >= 11 is 0. The van der Waals surface area contributed by atoms with Gasteiger partial charge in [-0.2, -0.15) is 0 Å². The zero-order chi connectivity index (χ0) is 31.6. The van der Waals surface area contributed by atoms with E-state index < -0.39 is 18.2 Å². The minimum atomic E-state index is -0.954. The maximum Gasteiger partial charge on any atom is 0.222 e. The normalized spacial score (nSPS) is 14.3. The molecule has 0 saturated heterocycles. The lowest BCUT2D eigenvalue weighted by Crippen LogP contribution is -2.45. The molecule has 0 fully saturated rings. The summed E-state index contributed by atoms with van der Waals surface area (Å²) in [6, 6.07) is -0.762. The van der Waals surface area contributed by atoms with Crippen molar-refractivity contribution in [2.24, 2.45) is 0 Å². The van der Waals surface area contributed by atoms with Crippen molar-refractivity contribution in [2.75, 3.05) is 6.61 Å². The first kappa shape index (κ1) is 41.6. The number of hydrogen-bond donors (Lipinski definition) is 4. The topological polar surface area (TPSA) is 89.8 Å². The molecule has 0 spiro atoms. The van der Waals surface area contributed by atoms with Gasteiger partial charge in [0.1, 0.15) is 0 Å². The molecule has 0 rings (SSSR count). The summed E-state index contributed by atoms with van der Waals surface area (Å²) in [5, 5.41) is 32.9. The van der Waals surface area contributed by atoms with E-state index in [1.165, 1.54) is 109 Å². The molecule has 0 aliphatic heterocycles. The minimum Gasteiger partial charge on any atom is -0.394 e. The summed E-state index contributed by atoms with van der Waals surface area (Å²) in [5.41, 5.74) is 0. The molecule has 43 heavy (non-hydrogen) atoms. The predicted molar refractivity (Wildman–Crippen MR) is 185 cm³/mol. The Morgan fingerprint density at radius 2 is 1.05 bits per heavy atom. The van der Waals surface area contributed by atoms with Crippen LogP contribution in [0.2, 0.25) is 0 Å². The molecule has 5 heteroatoms. The first-order valence-electron chi connectivity index (χ1n) is 18.2. The van der Waals surface area contributed by atoms with Crippen LogP contribution in [0, 0.1) is 0 Å². The fourth-order valence-electron chi connectivity index (χ4n) is 5.44. The largest absolute Gasteiger partial charge is 0.394 e. The lowest BCUT2D eigenvalue weighted by Gasteiger charge is -2.21. The van der Waals surface area contributed by atoms with Crippen LogP contribution in [-0.4, -0.2) is 46.1 Å². The maximum absolute atomic E-state index is 12.3. The summed E-state index contributed by atoms with van der Waals surface area (Å²) < 4.78 is 0. The minimum absolute atomic E-state index is 0.00396. The number of allylic oxidation sites excluding steroid dienone is 5. The van der Waals surface area contributed by atoms with Crippen molar-refractivity contribution in [3.05, 3.63) is 36.5 Å². The molecular weight excluding hydrogens is 534 g/mol. The van der Waals surface area contributed by atoms with Crippen molar-refractivity contribution in [3.8, 4) is 0 Å². The Balaban J connectivity index is 3.66. The van der Waals surface area contributed by atoms with E-state index >= 15 is 0 Å². The van der Waals surface area contributed by atoms with E-state index in [2.05, 4.69) is 36.5 Å². The van der Waals surface area contributed by atoms with Crippen molar-refractivity contribution in [3.63, 3.8) is 0 Å². The summed E-state index contributed by atoms with van der Waals surface area (Å²) in [6.07, 6.45) is 40.1. The van der Waals surface area contributed by atoms with Crippen molar-refractivity contribution >= 4 is 5.91 Å². The second-order valence-electron chi connectivity index (χ2n) is 12.5. The smallest absolute Gasteiger partial charge is 0.222 e. The van der Waals surface area contributed by atoms with Gasteiger partial charge in [-0.25, -0.2) is 0 Å². The fourth-order valence-corrected chi connectivity index (χ4v) is 5.44. The number of carbonyl (C=O) groups is 1. The highest BCUT2D eigenvalue weighted by Crippen LogP contribution is 2.15. The van der Waals surface area contributed by atoms with Crippen LogP contribution in [0.15, 0.2) is 36.5 Å². The highest BCUT2D eigenvalue weighted by molar-refractivity contribution is 5.76. The first-order valence-corrected chi connectivity index (χ1v) is 18.2. The molecule has 4 N–H and O–H groups in total. The predicted octanol–water partition coefficient (Wildman–Crippen LogP) is 9.65. The highest BCUT2D eigenvalue weighted by atomic mass is 16.3. The number of aliphatic hydroxyl groups is 3. The summed E-state index contributed by atoms with van der Waals surface area (Å²) in [5.74, 6) is -0.333. The second-order valence-corrected chi connectivity index (χ2v) is 12.5. The second kappa shape index (κ2) is 33.5. The summed E-state index contributed by atoms with van der Waals surface area (Å²) in [7, 11) is 0. The van der Waals surface area contributed by atoms with Crippen LogP contribution in [0.4, 0.5) is 0 Å². The van der Waals surface area contributed by atoms with Gasteiger partial charge in [-0.1, -0.05) is 165 Å². The van der Waals surface area contributed by atoms with E-state index in [9.17, 15) is 20.1 Å². The Bertz CT molecular complexity index is 675. The monoisotopic (exact) mass is 606 g/mol. The molecule has 0 aliphatic carbocycles. The number of amides is 1. The molecule has 252 valence electrons. The average Bonchev–Trinajstić information content (AvgIpc) is 3.00. The Labute approximate surface area is 266 Å². The van der Waals surface area contributed by atoms with E-state index in [4.69, 9.17) is 0 Å². The Kier molecular flexibility index (Phi) is 32.3. The molecule has 5 nitrogen and oxygen atoms in total. The van der Waals surface area contributed by atoms with E-state index in [1.54, 1.807) is 6.08 Å². The molecule has 1 amide bonds. The van der Waals surface area contributed by atoms with Crippen LogP contribution in [-0.2, 0) is 4.79 Å². The van der Waals surface area contributed by atoms with Gasteiger partial charge in [-0.05, 0) is 39.0 Å². The summed E-state index contributed by atoms with van der Waals surface area (Å²) in [6.45, 7) is 3.95. The highest BCUT2D eigenvalue weighted by Gasteiger charge is 2.20. The SMILES string of the molecule is C/C=C/CC/C=C/CC/C=C/C(O)C(CO)NC(=O)CC(O)CCCCCCCCCCCCCCCCCCCCC. The van der Waals surface area contributed by atoms with Crippen LogP contribution in [0.5, 0.6) is 0 Å². The fraction of sp³-hybridized carbons (Fsp3) is 0.816.